The summed E-state index contributed by atoms with van der Waals surface area (Å²) in [4.78, 5) is 6.81. The average Bonchev–Trinajstić information content (AvgIpc) is 3.13. The van der Waals surface area contributed by atoms with Crippen LogP contribution in [0.15, 0.2) is 12.7 Å². The lowest BCUT2D eigenvalue weighted by Crippen LogP contribution is -2.31. The first kappa shape index (κ1) is 11.6. The van der Waals surface area contributed by atoms with Gasteiger partial charge in [-0.05, 0) is 19.4 Å². The number of thiophene rings is 1. The van der Waals surface area contributed by atoms with Crippen LogP contribution in [0.25, 0.3) is 21.6 Å². The van der Waals surface area contributed by atoms with Crippen LogP contribution in [0.2, 0.25) is 0 Å². The van der Waals surface area contributed by atoms with E-state index in [1.165, 1.54) is 10.4 Å². The molecule has 0 N–H and O–H groups in total. The molecular formula is C13H12N6OS. The van der Waals surface area contributed by atoms with Gasteiger partial charge >= 0.3 is 0 Å². The van der Waals surface area contributed by atoms with E-state index in [1.807, 2.05) is 4.40 Å². The molecule has 1 aliphatic rings. The van der Waals surface area contributed by atoms with Crippen LogP contribution in [-0.2, 0) is 17.8 Å². The Morgan fingerprint density at radius 2 is 2.29 bits per heavy atom. The highest BCUT2D eigenvalue weighted by molar-refractivity contribution is 7.19. The predicted molar refractivity (Wildman–Crippen MR) is 77.5 cm³/mol. The van der Waals surface area contributed by atoms with Crippen molar-refractivity contribution in [2.75, 3.05) is 0 Å². The van der Waals surface area contributed by atoms with Crippen LogP contribution in [0, 0.1) is 0 Å². The minimum atomic E-state index is -0.153. The summed E-state index contributed by atoms with van der Waals surface area (Å²) < 4.78 is 9.67. The normalized spacial score (nSPS) is 17.8. The van der Waals surface area contributed by atoms with Crippen molar-refractivity contribution in [3.8, 4) is 0 Å². The first-order valence-electron chi connectivity index (χ1n) is 6.74. The summed E-state index contributed by atoms with van der Waals surface area (Å²) in [6.07, 6.45) is 4.17. The van der Waals surface area contributed by atoms with Crippen LogP contribution in [0.4, 0.5) is 0 Å². The molecular weight excluding hydrogens is 288 g/mol. The molecule has 0 fully saturated rings. The van der Waals surface area contributed by atoms with Gasteiger partial charge in [0.2, 0.25) is 0 Å². The second-order valence-corrected chi connectivity index (χ2v) is 6.99. The molecule has 7 nitrogen and oxygen atoms in total. The van der Waals surface area contributed by atoms with Gasteiger partial charge in [0.15, 0.2) is 5.65 Å². The van der Waals surface area contributed by atoms with Crippen molar-refractivity contribution in [1.29, 1.82) is 0 Å². The molecule has 0 bridgehead atoms. The lowest BCUT2D eigenvalue weighted by molar-refractivity contribution is -0.0379. The van der Waals surface area contributed by atoms with E-state index in [1.54, 1.807) is 28.5 Å². The maximum absolute atomic E-state index is 5.94. The van der Waals surface area contributed by atoms with Crippen LogP contribution in [-0.4, -0.2) is 34.8 Å². The van der Waals surface area contributed by atoms with Gasteiger partial charge in [0.1, 0.15) is 17.5 Å². The molecule has 8 heteroatoms. The summed E-state index contributed by atoms with van der Waals surface area (Å²) in [6, 6.07) is 0. The Balaban J connectivity index is 2.02. The van der Waals surface area contributed by atoms with E-state index in [9.17, 15) is 0 Å². The smallest absolute Gasteiger partial charge is 0.259 e. The zero-order chi connectivity index (χ0) is 14.2. The van der Waals surface area contributed by atoms with Crippen LogP contribution in [0.5, 0.6) is 0 Å². The second kappa shape index (κ2) is 3.58. The van der Waals surface area contributed by atoms with Gasteiger partial charge in [-0.3, -0.25) is 4.40 Å². The van der Waals surface area contributed by atoms with Crippen molar-refractivity contribution < 1.29 is 4.74 Å². The Bertz CT molecular complexity index is 1010. The minimum absolute atomic E-state index is 0.153. The van der Waals surface area contributed by atoms with Crippen LogP contribution < -0.4 is 0 Å². The quantitative estimate of drug-likeness (QED) is 0.495. The average molecular weight is 300 g/mol. The molecule has 0 unspecified atom stereocenters. The predicted octanol–water partition coefficient (Wildman–Crippen LogP) is 1.84. The van der Waals surface area contributed by atoms with Crippen molar-refractivity contribution >= 4 is 33.0 Å². The number of ether oxygens (including phenoxy) is 1. The third kappa shape index (κ3) is 1.41. The number of hydrogen-bond acceptors (Lipinski definition) is 6. The van der Waals surface area contributed by atoms with Gasteiger partial charge in [0.25, 0.3) is 5.78 Å². The summed E-state index contributed by atoms with van der Waals surface area (Å²) >= 11 is 1.73. The molecule has 0 saturated carbocycles. The fraction of sp³-hybridized carbons (Fsp3) is 0.385. The zero-order valence-electron chi connectivity index (χ0n) is 11.6. The van der Waals surface area contributed by atoms with Gasteiger partial charge in [-0.25, -0.2) is 4.98 Å². The van der Waals surface area contributed by atoms with E-state index in [-0.39, 0.29) is 5.60 Å². The third-order valence-corrected chi connectivity index (χ3v) is 5.18. The van der Waals surface area contributed by atoms with Gasteiger partial charge in [0, 0.05) is 11.3 Å². The number of hydrogen-bond donors (Lipinski definition) is 0. The highest BCUT2D eigenvalue weighted by Gasteiger charge is 2.31. The lowest BCUT2D eigenvalue weighted by atomic mass is 9.94. The first-order valence-corrected chi connectivity index (χ1v) is 7.55. The molecule has 1 aliphatic heterocycles. The van der Waals surface area contributed by atoms with Crippen molar-refractivity contribution in [1.82, 2.24) is 29.2 Å². The second-order valence-electron chi connectivity index (χ2n) is 5.91. The lowest BCUT2D eigenvalue weighted by Gasteiger charge is -2.30. The molecule has 0 spiro atoms. The maximum atomic E-state index is 5.94. The summed E-state index contributed by atoms with van der Waals surface area (Å²) in [5.74, 6) is 0.689. The summed E-state index contributed by atoms with van der Waals surface area (Å²) in [5.41, 5.74) is 2.01. The number of aromatic nitrogens is 6. The van der Waals surface area contributed by atoms with Crippen LogP contribution >= 0.6 is 11.3 Å². The monoisotopic (exact) mass is 300 g/mol. The highest BCUT2D eigenvalue weighted by Crippen LogP contribution is 2.40. The Hall–Kier alpha value is -2.06. The summed E-state index contributed by atoms with van der Waals surface area (Å²) in [6.45, 7) is 4.89. The molecule has 0 aromatic carbocycles. The topological polar surface area (TPSA) is 69.6 Å². The Labute approximate surface area is 123 Å². The standard InChI is InChI=1S/C13H12N6OS/c1-13(2)3-7-8(4-20-13)21-11-9(7)10-14-5-16-19(10)12-17-15-6-18(11)12/h5-6H,3-4H2,1-2H3. The van der Waals surface area contributed by atoms with E-state index in [4.69, 9.17) is 4.74 Å². The van der Waals surface area contributed by atoms with Crippen molar-refractivity contribution in [3.63, 3.8) is 0 Å². The molecule has 0 atom stereocenters. The van der Waals surface area contributed by atoms with Gasteiger partial charge in [-0.1, -0.05) is 0 Å². The largest absolute Gasteiger partial charge is 0.370 e. The molecule has 0 radical (unpaired) electrons. The van der Waals surface area contributed by atoms with Gasteiger partial charge < -0.3 is 4.74 Å². The number of fused-ring (bicyclic) bond motifs is 8. The van der Waals surface area contributed by atoms with Gasteiger partial charge in [0.05, 0.1) is 17.6 Å². The molecule has 5 heterocycles. The maximum Gasteiger partial charge on any atom is 0.259 e. The van der Waals surface area contributed by atoms with Gasteiger partial charge in [-0.15, -0.1) is 21.5 Å². The molecule has 0 aliphatic carbocycles. The Morgan fingerprint density at radius 3 is 3.19 bits per heavy atom. The molecule has 5 rings (SSSR count). The minimum Gasteiger partial charge on any atom is -0.370 e. The first-order chi connectivity index (χ1) is 10.1. The van der Waals surface area contributed by atoms with E-state index in [2.05, 4.69) is 34.1 Å². The molecule has 21 heavy (non-hydrogen) atoms. The van der Waals surface area contributed by atoms with Gasteiger partial charge in [-0.2, -0.15) is 9.61 Å². The number of rotatable bonds is 0. The van der Waals surface area contributed by atoms with Crippen molar-refractivity contribution in [2.24, 2.45) is 0 Å². The van der Waals surface area contributed by atoms with Crippen molar-refractivity contribution in [2.45, 2.75) is 32.5 Å². The summed E-state index contributed by atoms with van der Waals surface area (Å²) in [7, 11) is 0. The Kier molecular flexibility index (Phi) is 1.97. The molecule has 4 aromatic rings. The Morgan fingerprint density at radius 1 is 1.38 bits per heavy atom. The molecule has 106 valence electrons. The van der Waals surface area contributed by atoms with E-state index >= 15 is 0 Å². The SMILES string of the molecule is CC1(C)Cc2c(sc3c2c2ncnn2c2nncn32)CO1. The van der Waals surface area contributed by atoms with Crippen molar-refractivity contribution in [3.05, 3.63) is 23.1 Å². The third-order valence-electron chi connectivity index (χ3n) is 3.98. The van der Waals surface area contributed by atoms with Crippen LogP contribution in [0.1, 0.15) is 24.3 Å². The van der Waals surface area contributed by atoms with Crippen LogP contribution in [0.3, 0.4) is 0 Å². The fourth-order valence-corrected chi connectivity index (χ4v) is 4.21. The highest BCUT2D eigenvalue weighted by atomic mass is 32.1. The number of nitrogens with zero attached hydrogens (tertiary/aromatic N) is 6. The van der Waals surface area contributed by atoms with E-state index in [0.29, 0.717) is 12.4 Å². The fourth-order valence-electron chi connectivity index (χ4n) is 3.01. The summed E-state index contributed by atoms with van der Waals surface area (Å²) in [5, 5.41) is 13.6. The molecule has 0 saturated heterocycles. The molecule has 4 aromatic heterocycles. The molecule has 0 amide bonds. The van der Waals surface area contributed by atoms with E-state index < -0.39 is 0 Å². The zero-order valence-corrected chi connectivity index (χ0v) is 12.4. The van der Waals surface area contributed by atoms with E-state index in [0.717, 1.165) is 22.3 Å².